The number of halogens is 10. The van der Waals surface area contributed by atoms with Gasteiger partial charge in [-0.3, -0.25) is 0 Å². The molecule has 1 saturated heterocycles. The van der Waals surface area contributed by atoms with Crippen molar-refractivity contribution in [1.29, 1.82) is 0 Å². The van der Waals surface area contributed by atoms with Crippen LogP contribution in [0.2, 0.25) is 10.0 Å². The average molecular weight is 877 g/mol. The molecule has 7 rings (SSSR count). The van der Waals surface area contributed by atoms with Crippen molar-refractivity contribution in [2.24, 2.45) is 0 Å². The van der Waals surface area contributed by atoms with Crippen molar-refractivity contribution in [2.45, 2.75) is 43.2 Å². The minimum absolute atomic E-state index is 0.155. The number of aryl methyl sites for hydroxylation is 1. The van der Waals surface area contributed by atoms with Crippen LogP contribution in [-0.4, -0.2) is 68.5 Å². The summed E-state index contributed by atoms with van der Waals surface area (Å²) in [6, 6.07) is 7.30. The zero-order valence-electron chi connectivity index (χ0n) is 27.6. The minimum Gasteiger partial charge on any atom is -0.394 e. The van der Waals surface area contributed by atoms with E-state index in [2.05, 4.69) is 36.2 Å². The molecule has 3 aromatic carbocycles. The highest BCUT2D eigenvalue weighted by molar-refractivity contribution is 9.10. The summed E-state index contributed by atoms with van der Waals surface area (Å²) in [5.41, 5.74) is -8.72. The van der Waals surface area contributed by atoms with Crippen LogP contribution in [0, 0.1) is 30.2 Å². The lowest BCUT2D eigenvalue weighted by Crippen LogP contribution is -2.68. The van der Waals surface area contributed by atoms with E-state index in [1.54, 1.807) is 0 Å². The maximum Gasteiger partial charge on any atom is 0.418 e. The molecule has 55 heavy (non-hydrogen) atoms. The fourth-order valence-electron chi connectivity index (χ4n) is 6.45. The lowest BCUT2D eigenvalue weighted by Gasteiger charge is -2.51. The third-order valence-corrected chi connectivity index (χ3v) is 10.1. The number of hydrogen-bond acceptors (Lipinski definition) is 8. The van der Waals surface area contributed by atoms with Gasteiger partial charge in [0.1, 0.15) is 11.9 Å². The highest BCUT2D eigenvalue weighted by Crippen LogP contribution is 2.50. The van der Waals surface area contributed by atoms with E-state index in [4.69, 9.17) is 27.9 Å². The summed E-state index contributed by atoms with van der Waals surface area (Å²) in [7, 11) is 0. The van der Waals surface area contributed by atoms with Crippen LogP contribution >= 0.6 is 39.1 Å². The Labute approximate surface area is 323 Å². The second-order valence-electron chi connectivity index (χ2n) is 12.4. The van der Waals surface area contributed by atoms with Crippen molar-refractivity contribution in [3.8, 4) is 27.9 Å². The van der Waals surface area contributed by atoms with Crippen LogP contribution in [0.25, 0.3) is 27.9 Å². The van der Waals surface area contributed by atoms with Gasteiger partial charge in [0.2, 0.25) is 5.72 Å². The molecule has 0 saturated carbocycles. The summed E-state index contributed by atoms with van der Waals surface area (Å²) in [5.74, 6) is -6.42. The first-order valence-electron chi connectivity index (χ1n) is 15.8. The lowest BCUT2D eigenvalue weighted by molar-refractivity contribution is -0.338. The number of aliphatic hydroxyl groups is 3. The monoisotopic (exact) mass is 875 g/mol. The highest BCUT2D eigenvalue weighted by atomic mass is 79.9. The maximum atomic E-state index is 15.3. The summed E-state index contributed by atoms with van der Waals surface area (Å²) in [6.07, 6.45) is -5.16. The number of hydrogen-bond donors (Lipinski definition) is 3. The van der Waals surface area contributed by atoms with Gasteiger partial charge in [-0.05, 0) is 49.4 Å². The second kappa shape index (κ2) is 14.0. The molecule has 4 heterocycles. The Morgan fingerprint density at radius 2 is 1.45 bits per heavy atom. The van der Waals surface area contributed by atoms with Crippen LogP contribution in [0.5, 0.6) is 0 Å². The molecular weight excluding hydrogens is 854 g/mol. The van der Waals surface area contributed by atoms with E-state index in [9.17, 15) is 37.3 Å². The predicted molar refractivity (Wildman–Crippen MR) is 184 cm³/mol. The molecule has 4 atom stereocenters. The number of alkyl halides is 3. The smallest absolute Gasteiger partial charge is 0.394 e. The molecule has 3 aromatic heterocycles. The molecule has 0 spiro atoms. The Hall–Kier alpha value is -4.37. The summed E-state index contributed by atoms with van der Waals surface area (Å²) in [6.45, 7) is 0.366. The number of aromatic nitrogens is 7. The Morgan fingerprint density at radius 3 is 2.02 bits per heavy atom. The average Bonchev–Trinajstić information content (AvgIpc) is 3.91. The van der Waals surface area contributed by atoms with Crippen molar-refractivity contribution in [3.05, 3.63) is 122 Å². The van der Waals surface area contributed by atoms with Gasteiger partial charge in [-0.1, -0.05) is 39.1 Å². The fourth-order valence-corrected chi connectivity index (χ4v) is 7.09. The summed E-state index contributed by atoms with van der Waals surface area (Å²) in [5, 5.41) is 46.3. The van der Waals surface area contributed by atoms with E-state index < -0.39 is 98.8 Å². The van der Waals surface area contributed by atoms with E-state index in [0.29, 0.717) is 4.68 Å². The molecule has 11 nitrogen and oxygen atoms in total. The molecule has 1 aliphatic heterocycles. The van der Waals surface area contributed by atoms with E-state index in [-0.39, 0.29) is 27.0 Å². The zero-order valence-corrected chi connectivity index (χ0v) is 30.7. The Bertz CT molecular complexity index is 2460. The summed E-state index contributed by atoms with van der Waals surface area (Å²) < 4.78 is 112. The molecule has 0 amide bonds. The van der Waals surface area contributed by atoms with E-state index in [1.807, 2.05) is 0 Å². The summed E-state index contributed by atoms with van der Waals surface area (Å²) in [4.78, 5) is 4.40. The second-order valence-corrected chi connectivity index (χ2v) is 14.1. The Balaban J connectivity index is 1.56. The van der Waals surface area contributed by atoms with E-state index in [1.165, 1.54) is 6.92 Å². The molecule has 21 heteroatoms. The molecule has 1 aliphatic rings. The number of ether oxygens (including phenoxy) is 1. The molecule has 1 unspecified atom stereocenters. The number of aliphatic hydroxyl groups excluding tert-OH is 2. The molecule has 0 bridgehead atoms. The molecule has 1 fully saturated rings. The number of rotatable bonds is 7. The first-order valence-corrected chi connectivity index (χ1v) is 17.3. The Kier molecular flexibility index (Phi) is 9.88. The van der Waals surface area contributed by atoms with Gasteiger partial charge >= 0.3 is 6.18 Å². The predicted octanol–water partition coefficient (Wildman–Crippen LogP) is 7.14. The first-order chi connectivity index (χ1) is 25.9. The third-order valence-electron chi connectivity index (χ3n) is 9.04. The van der Waals surface area contributed by atoms with Gasteiger partial charge in [0, 0.05) is 45.5 Å². The van der Waals surface area contributed by atoms with E-state index >= 15 is 8.78 Å². The van der Waals surface area contributed by atoms with Crippen LogP contribution in [0.3, 0.4) is 0 Å². The maximum absolute atomic E-state index is 15.3. The normalized spacial score (nSPS) is 21.7. The first kappa shape index (κ1) is 38.9. The van der Waals surface area contributed by atoms with Gasteiger partial charge in [-0.15, -0.1) is 0 Å². The van der Waals surface area contributed by atoms with Gasteiger partial charge in [0.05, 0.1) is 46.4 Å². The lowest BCUT2D eigenvalue weighted by atomic mass is 9.86. The summed E-state index contributed by atoms with van der Waals surface area (Å²) >= 11 is 14.7. The molecule has 6 aromatic rings. The van der Waals surface area contributed by atoms with Crippen molar-refractivity contribution in [2.75, 3.05) is 6.61 Å². The van der Waals surface area contributed by atoms with Crippen molar-refractivity contribution in [1.82, 2.24) is 34.3 Å². The van der Waals surface area contributed by atoms with Gasteiger partial charge in [0.25, 0.3) is 5.72 Å². The van der Waals surface area contributed by atoms with Crippen LogP contribution in [0.4, 0.5) is 30.7 Å². The molecular formula is C34H23BrCl2F7N7O4. The highest BCUT2D eigenvalue weighted by Gasteiger charge is 2.66. The molecule has 3 N–H and O–H groups in total. The topological polar surface area (TPSA) is 136 Å². The zero-order chi connectivity index (χ0) is 39.8. The van der Waals surface area contributed by atoms with Gasteiger partial charge in [0.15, 0.2) is 29.1 Å². The van der Waals surface area contributed by atoms with Crippen LogP contribution < -0.4 is 0 Å². The molecule has 0 aliphatic carbocycles. The SMILES string of the molecule is Cc1nc(C2(n3cc(-c4ccc(Cl)c(F)c4F)cn3)O[C@@H](CO)[C@@H](O)C[C@@]2(O)n2cc(-c3ccc(Cl)c(F)c3F)cn2)n(-c2cc(Br)ccc2C(F)(F)F)n1. The van der Waals surface area contributed by atoms with Gasteiger partial charge in [-0.2, -0.15) is 28.5 Å². The molecule has 288 valence electrons. The standard InChI is InChI=1S/C34H23BrCl2F7N7O4/c1-15-47-31(51(48-15)24-8-18(35)2-5-21(24)34(42,43)44)33(50-13-17(11-46-50)20-4-7-23(37)30(41)28(20)39)32(54,9-25(53)26(14-52)55-33)49-12-16(10-45-49)19-3-6-22(36)29(40)27(19)38/h2-8,10-13,25-26,52-54H,9,14H2,1H3/t25-,26-,32-,33?/m0/s1. The third kappa shape index (κ3) is 6.31. The van der Waals surface area contributed by atoms with E-state index in [0.717, 1.165) is 76.6 Å². The number of benzene rings is 3. The quantitative estimate of drug-likeness (QED) is 0.114. The van der Waals surface area contributed by atoms with Gasteiger partial charge < -0.3 is 20.1 Å². The van der Waals surface area contributed by atoms with Gasteiger partial charge in [-0.25, -0.2) is 36.6 Å². The fraction of sp³-hybridized carbons (Fsp3) is 0.235. The Morgan fingerprint density at radius 1 is 0.891 bits per heavy atom. The van der Waals surface area contributed by atoms with Crippen molar-refractivity contribution >= 4 is 39.1 Å². The largest absolute Gasteiger partial charge is 0.418 e. The molecule has 0 radical (unpaired) electrons. The number of nitrogens with zero attached hydrogens (tertiary/aromatic N) is 7. The van der Waals surface area contributed by atoms with Crippen molar-refractivity contribution < 1.29 is 50.8 Å². The van der Waals surface area contributed by atoms with Crippen LogP contribution in [0.1, 0.15) is 23.6 Å². The van der Waals surface area contributed by atoms with Crippen LogP contribution in [-0.2, 0) is 22.4 Å². The van der Waals surface area contributed by atoms with Crippen molar-refractivity contribution in [3.63, 3.8) is 0 Å². The van der Waals surface area contributed by atoms with Crippen LogP contribution in [0.15, 0.2) is 71.7 Å². The minimum atomic E-state index is -4.99.